The number of barbiturate groups is 1. The second-order valence-corrected chi connectivity index (χ2v) is 8.89. The lowest BCUT2D eigenvalue weighted by molar-refractivity contribution is -0.134. The van der Waals surface area contributed by atoms with Crippen LogP contribution < -0.4 is 0 Å². The topological polar surface area (TPSA) is 62.6 Å². The number of fused-ring (bicyclic) bond motifs is 2. The van der Waals surface area contributed by atoms with Crippen LogP contribution in [0.3, 0.4) is 0 Å². The van der Waals surface area contributed by atoms with E-state index in [4.69, 9.17) is 11.6 Å². The van der Waals surface area contributed by atoms with Gasteiger partial charge in [0.1, 0.15) is 5.57 Å². The first-order chi connectivity index (χ1) is 16.3. The molecule has 7 heteroatoms. The fourth-order valence-electron chi connectivity index (χ4n) is 4.59. The maximum atomic E-state index is 12.8. The number of halogens is 1. The van der Waals surface area contributed by atoms with Gasteiger partial charge in [0.15, 0.2) is 0 Å². The van der Waals surface area contributed by atoms with E-state index in [9.17, 15) is 14.4 Å². The molecule has 1 fully saturated rings. The minimum absolute atomic E-state index is 0.0584. The molecule has 34 heavy (non-hydrogen) atoms. The van der Waals surface area contributed by atoms with E-state index in [1.54, 1.807) is 6.08 Å². The van der Waals surface area contributed by atoms with Crippen LogP contribution in [-0.4, -0.2) is 46.3 Å². The van der Waals surface area contributed by atoms with Crippen LogP contribution in [0.5, 0.6) is 0 Å². The van der Waals surface area contributed by atoms with E-state index in [0.29, 0.717) is 11.6 Å². The fraction of sp³-hybridized carbons (Fsp3) is 0.148. The van der Waals surface area contributed by atoms with Gasteiger partial charge in [-0.3, -0.25) is 19.4 Å². The Morgan fingerprint density at radius 1 is 0.853 bits per heavy atom. The molecule has 0 aliphatic carbocycles. The molecular weight excluding hydrogens is 450 g/mol. The summed E-state index contributed by atoms with van der Waals surface area (Å²) in [5.74, 6) is -1.24. The van der Waals surface area contributed by atoms with Crippen LogP contribution in [0.15, 0.2) is 66.2 Å². The van der Waals surface area contributed by atoms with Crippen molar-refractivity contribution in [1.82, 2.24) is 14.4 Å². The average Bonchev–Trinajstić information content (AvgIpc) is 3.09. The van der Waals surface area contributed by atoms with Gasteiger partial charge in [0.25, 0.3) is 11.8 Å². The number of rotatable bonds is 3. The molecule has 4 aromatic rings. The number of nitrogens with zero attached hydrogens (tertiary/aromatic N) is 3. The number of carbonyl (C=O) groups excluding carboxylic acids is 3. The van der Waals surface area contributed by atoms with Crippen molar-refractivity contribution in [3.05, 3.63) is 88.1 Å². The lowest BCUT2D eigenvalue weighted by Crippen LogP contribution is -2.52. The Labute approximate surface area is 201 Å². The molecule has 2 heterocycles. The van der Waals surface area contributed by atoms with Crippen LogP contribution in [0, 0.1) is 6.92 Å². The molecule has 0 N–H and O–H groups in total. The summed E-state index contributed by atoms with van der Waals surface area (Å²) in [5.41, 5.74) is 3.65. The highest BCUT2D eigenvalue weighted by Gasteiger charge is 2.38. The van der Waals surface area contributed by atoms with Crippen LogP contribution in [0.1, 0.15) is 16.8 Å². The zero-order valence-corrected chi connectivity index (χ0v) is 19.8. The Kier molecular flexibility index (Phi) is 5.25. The first-order valence-corrected chi connectivity index (χ1v) is 11.2. The molecule has 170 valence electrons. The number of imide groups is 2. The smallest absolute Gasteiger partial charge is 0.333 e. The quantitative estimate of drug-likeness (QED) is 0.303. The third-order valence-corrected chi connectivity index (χ3v) is 6.71. The molecule has 1 saturated heterocycles. The largest absolute Gasteiger partial charge is 0.340 e. The molecule has 0 saturated carbocycles. The number of hydrogen-bond acceptors (Lipinski definition) is 3. The Morgan fingerprint density at radius 2 is 1.53 bits per heavy atom. The molecule has 0 spiro atoms. The second-order valence-electron chi connectivity index (χ2n) is 8.45. The Hall–Kier alpha value is -3.90. The highest BCUT2D eigenvalue weighted by molar-refractivity contribution is 6.32. The SMILES string of the molecule is Cc1c(C=C2C(=O)N(C)C(=O)N(C)C2=O)c2cc(Cl)ccc2n1Cc1cccc2ccccc12. The summed E-state index contributed by atoms with van der Waals surface area (Å²) in [6.07, 6.45) is 1.58. The monoisotopic (exact) mass is 471 g/mol. The maximum Gasteiger partial charge on any atom is 0.333 e. The van der Waals surface area contributed by atoms with Gasteiger partial charge in [-0.2, -0.15) is 0 Å². The highest BCUT2D eigenvalue weighted by Crippen LogP contribution is 2.33. The molecule has 1 aliphatic rings. The number of aromatic nitrogens is 1. The standard InChI is InChI=1S/C27H22ClN3O3/c1-16-21(14-23-25(32)29(2)27(34)30(3)26(23)33)22-13-19(28)11-12-24(22)31(16)15-18-9-6-8-17-7-4-5-10-20(17)18/h4-14H,15H2,1-3H3. The van der Waals surface area contributed by atoms with Crippen molar-refractivity contribution in [2.75, 3.05) is 14.1 Å². The van der Waals surface area contributed by atoms with E-state index in [0.717, 1.165) is 42.9 Å². The van der Waals surface area contributed by atoms with Crippen LogP contribution in [-0.2, 0) is 16.1 Å². The van der Waals surface area contributed by atoms with Crippen molar-refractivity contribution in [3.8, 4) is 0 Å². The van der Waals surface area contributed by atoms with Crippen LogP contribution in [0.25, 0.3) is 27.8 Å². The van der Waals surface area contributed by atoms with E-state index < -0.39 is 17.8 Å². The Bertz CT molecular complexity index is 1520. The van der Waals surface area contributed by atoms with Crippen molar-refractivity contribution in [3.63, 3.8) is 0 Å². The first kappa shape index (κ1) is 21.9. The summed E-state index contributed by atoms with van der Waals surface area (Å²) in [5, 5.41) is 3.72. The summed E-state index contributed by atoms with van der Waals surface area (Å²) in [4.78, 5) is 39.7. The molecular formula is C27H22ClN3O3. The van der Waals surface area contributed by atoms with Crippen molar-refractivity contribution in [1.29, 1.82) is 0 Å². The molecule has 0 unspecified atom stereocenters. The summed E-state index contributed by atoms with van der Waals surface area (Å²) >= 11 is 6.33. The number of carbonyl (C=O) groups is 3. The predicted octanol–water partition coefficient (Wildman–Crippen LogP) is 5.24. The van der Waals surface area contributed by atoms with E-state index in [1.165, 1.54) is 19.5 Å². The summed E-state index contributed by atoms with van der Waals surface area (Å²) in [7, 11) is 2.74. The van der Waals surface area contributed by atoms with Gasteiger partial charge >= 0.3 is 6.03 Å². The lowest BCUT2D eigenvalue weighted by atomic mass is 10.0. The van der Waals surface area contributed by atoms with E-state index in [1.807, 2.05) is 43.3 Å². The molecule has 0 atom stereocenters. The van der Waals surface area contributed by atoms with Gasteiger partial charge in [-0.15, -0.1) is 0 Å². The maximum absolute atomic E-state index is 12.8. The van der Waals surface area contributed by atoms with Crippen LogP contribution in [0.4, 0.5) is 4.79 Å². The van der Waals surface area contributed by atoms with Gasteiger partial charge < -0.3 is 4.57 Å². The minimum atomic E-state index is -0.648. The normalized spacial score (nSPS) is 14.6. The van der Waals surface area contributed by atoms with Crippen molar-refractivity contribution >= 4 is 57.2 Å². The average molecular weight is 472 g/mol. The Balaban J connectivity index is 1.70. The van der Waals surface area contributed by atoms with Gasteiger partial charge in [-0.25, -0.2) is 4.79 Å². The zero-order valence-electron chi connectivity index (χ0n) is 19.0. The van der Waals surface area contributed by atoms with Gasteiger partial charge in [0.05, 0.1) is 0 Å². The number of likely N-dealkylation sites (N-methyl/N-ethyl adjacent to an activating group) is 2. The van der Waals surface area contributed by atoms with Crippen molar-refractivity contribution < 1.29 is 14.4 Å². The van der Waals surface area contributed by atoms with Gasteiger partial charge in [-0.05, 0) is 47.5 Å². The first-order valence-electron chi connectivity index (χ1n) is 10.8. The summed E-state index contributed by atoms with van der Waals surface area (Å²) < 4.78 is 2.16. The highest BCUT2D eigenvalue weighted by atomic mass is 35.5. The molecule has 1 aliphatic heterocycles. The lowest BCUT2D eigenvalue weighted by Gasteiger charge is -2.28. The molecule has 5 rings (SSSR count). The molecule has 6 nitrogen and oxygen atoms in total. The second kappa shape index (κ2) is 8.15. The third kappa shape index (κ3) is 3.38. The van der Waals surface area contributed by atoms with Crippen LogP contribution in [0.2, 0.25) is 5.02 Å². The summed E-state index contributed by atoms with van der Waals surface area (Å²) in [6, 6.07) is 19.4. The van der Waals surface area contributed by atoms with Gasteiger partial charge in [-0.1, -0.05) is 54.1 Å². The number of urea groups is 1. The van der Waals surface area contributed by atoms with Crippen molar-refractivity contribution in [2.45, 2.75) is 13.5 Å². The number of benzene rings is 3. The number of hydrogen-bond donors (Lipinski definition) is 0. The molecule has 3 aromatic carbocycles. The fourth-order valence-corrected chi connectivity index (χ4v) is 4.76. The molecule has 1 aromatic heterocycles. The van der Waals surface area contributed by atoms with E-state index in [-0.39, 0.29) is 5.57 Å². The number of amides is 4. The summed E-state index contributed by atoms with van der Waals surface area (Å²) in [6.45, 7) is 2.57. The van der Waals surface area contributed by atoms with Crippen molar-refractivity contribution in [2.24, 2.45) is 0 Å². The van der Waals surface area contributed by atoms with E-state index >= 15 is 0 Å². The zero-order chi connectivity index (χ0) is 24.1. The molecule has 0 radical (unpaired) electrons. The van der Waals surface area contributed by atoms with Gasteiger partial charge in [0.2, 0.25) is 0 Å². The van der Waals surface area contributed by atoms with E-state index in [2.05, 4.69) is 28.8 Å². The Morgan fingerprint density at radius 3 is 2.26 bits per heavy atom. The third-order valence-electron chi connectivity index (χ3n) is 6.48. The minimum Gasteiger partial charge on any atom is -0.340 e. The predicted molar refractivity (Wildman–Crippen MR) is 134 cm³/mol. The molecule has 4 amide bonds. The van der Waals surface area contributed by atoms with Gasteiger partial charge in [0, 0.05) is 47.8 Å². The van der Waals surface area contributed by atoms with Crippen LogP contribution >= 0.6 is 11.6 Å². The molecule has 0 bridgehead atoms.